The van der Waals surface area contributed by atoms with Gasteiger partial charge in [0, 0.05) is 23.0 Å². The maximum Gasteiger partial charge on any atom is 0.289 e. The standard InChI is InChI=1S/C37H44ClN5O8/c1-5-9-24(30(44)34(47)39-23-14-15-23)40-32(45)26-18-37(17-25(42-51-37)21-10-8-11-22(38)16-21)20-43(26)35(48)31(36(2,3)4)41-33(46)29-19-49-27-12-6-7-13-28(27)50-29/h6-8,10-13,16-17,23-24,26,29,31,42H,5,9,14-15,18-20H2,1-4H3,(H,39,47)(H,40,45)(H,41,46)/t24-,26-,29+,31+,37+/m0/s1. The van der Waals surface area contributed by atoms with Gasteiger partial charge in [0.05, 0.1) is 18.3 Å². The van der Waals surface area contributed by atoms with Crippen molar-refractivity contribution in [1.82, 2.24) is 26.3 Å². The van der Waals surface area contributed by atoms with E-state index in [1.54, 1.807) is 42.5 Å². The molecule has 4 aliphatic rings. The smallest absolute Gasteiger partial charge is 0.289 e. The zero-order chi connectivity index (χ0) is 36.5. The van der Waals surface area contributed by atoms with Gasteiger partial charge in [-0.25, -0.2) is 0 Å². The summed E-state index contributed by atoms with van der Waals surface area (Å²) in [6.07, 6.45) is 3.21. The van der Waals surface area contributed by atoms with E-state index in [9.17, 15) is 24.0 Å². The highest BCUT2D eigenvalue weighted by molar-refractivity contribution is 6.38. The first-order valence-electron chi connectivity index (χ1n) is 17.3. The number of likely N-dealkylation sites (tertiary alicyclic amines) is 1. The Labute approximate surface area is 301 Å². The van der Waals surface area contributed by atoms with Crippen LogP contribution in [-0.2, 0) is 28.8 Å². The van der Waals surface area contributed by atoms with E-state index in [-0.39, 0.29) is 32.0 Å². The lowest BCUT2D eigenvalue weighted by atomic mass is 9.85. The minimum absolute atomic E-state index is 0.0282. The number of para-hydroxylation sites is 2. The molecule has 2 aromatic carbocycles. The van der Waals surface area contributed by atoms with Crippen molar-refractivity contribution < 1.29 is 38.3 Å². The number of fused-ring (bicyclic) bond motifs is 1. The number of nitrogens with zero attached hydrogens (tertiary/aromatic N) is 1. The van der Waals surface area contributed by atoms with Crippen LogP contribution in [0, 0.1) is 5.41 Å². The molecule has 5 atom stereocenters. The van der Waals surface area contributed by atoms with E-state index in [0.717, 1.165) is 18.4 Å². The molecule has 0 radical (unpaired) electrons. The first kappa shape index (κ1) is 36.2. The predicted octanol–water partition coefficient (Wildman–Crippen LogP) is 3.06. The number of hydrogen-bond acceptors (Lipinski definition) is 9. The van der Waals surface area contributed by atoms with Gasteiger partial charge in [-0.1, -0.05) is 70.0 Å². The monoisotopic (exact) mass is 721 g/mol. The van der Waals surface area contributed by atoms with Crippen LogP contribution >= 0.6 is 11.6 Å². The lowest BCUT2D eigenvalue weighted by Crippen LogP contribution is -2.60. The Hall–Kier alpha value is -4.62. The van der Waals surface area contributed by atoms with Crippen LogP contribution in [0.2, 0.25) is 5.02 Å². The van der Waals surface area contributed by atoms with Crippen LogP contribution in [0.4, 0.5) is 0 Å². The highest BCUT2D eigenvalue weighted by Gasteiger charge is 2.54. The van der Waals surface area contributed by atoms with Crippen molar-refractivity contribution in [2.75, 3.05) is 13.2 Å². The number of halogens is 1. The molecule has 1 aliphatic carbocycles. The van der Waals surface area contributed by atoms with Crippen LogP contribution < -0.4 is 30.9 Å². The fourth-order valence-corrected chi connectivity index (χ4v) is 6.68. The fraction of sp³-hybridized carbons (Fsp3) is 0.486. The number of rotatable bonds is 11. The zero-order valence-electron chi connectivity index (χ0n) is 29.1. The third-order valence-corrected chi connectivity index (χ3v) is 9.63. The van der Waals surface area contributed by atoms with Crippen molar-refractivity contribution in [3.8, 4) is 11.5 Å². The minimum Gasteiger partial charge on any atom is -0.485 e. The number of hydroxylamine groups is 1. The number of ketones is 1. The summed E-state index contributed by atoms with van der Waals surface area (Å²) in [6, 6.07) is 10.8. The average molecular weight is 722 g/mol. The van der Waals surface area contributed by atoms with Crippen LogP contribution in [0.5, 0.6) is 11.5 Å². The lowest BCUT2D eigenvalue weighted by Gasteiger charge is -2.36. The molecule has 1 spiro atoms. The number of ether oxygens (including phenoxy) is 2. The van der Waals surface area contributed by atoms with Crippen molar-refractivity contribution in [2.24, 2.45) is 5.41 Å². The molecule has 272 valence electrons. The lowest BCUT2D eigenvalue weighted by molar-refractivity contribution is -0.146. The summed E-state index contributed by atoms with van der Waals surface area (Å²) >= 11 is 6.25. The van der Waals surface area contributed by atoms with E-state index >= 15 is 0 Å². The van der Waals surface area contributed by atoms with Gasteiger partial charge < -0.3 is 30.3 Å². The van der Waals surface area contributed by atoms with E-state index in [0.29, 0.717) is 28.6 Å². The van der Waals surface area contributed by atoms with Crippen LogP contribution in [0.15, 0.2) is 54.6 Å². The molecule has 2 aromatic rings. The molecule has 2 fully saturated rings. The number of Topliss-reactive ketones (excluding diaryl/α,β-unsaturated/α-hetero) is 1. The molecule has 1 saturated heterocycles. The SMILES string of the molecule is CCC[C@H](NC(=O)[C@@H]1C[C@]2(C=C(c3cccc(Cl)c3)NO2)CN1C(=O)[C@@H](NC(=O)[C@H]1COc2ccccc2O1)C(C)(C)C)C(=O)C(=O)NC1CC1. The van der Waals surface area contributed by atoms with Crippen LogP contribution in [0.3, 0.4) is 0 Å². The Bertz CT molecular complexity index is 1740. The first-order valence-corrected chi connectivity index (χ1v) is 17.7. The number of carbonyl (C=O) groups is 5. The molecule has 4 amide bonds. The van der Waals surface area contributed by atoms with E-state index in [2.05, 4.69) is 21.4 Å². The summed E-state index contributed by atoms with van der Waals surface area (Å²) in [5, 5.41) is 8.87. The normalized spacial score (nSPS) is 23.5. The quantitative estimate of drug-likeness (QED) is 0.256. The Morgan fingerprint density at radius 1 is 1.02 bits per heavy atom. The van der Waals surface area contributed by atoms with E-state index < -0.39 is 64.7 Å². The van der Waals surface area contributed by atoms with Gasteiger partial charge in [0.25, 0.3) is 11.8 Å². The first-order chi connectivity index (χ1) is 24.3. The van der Waals surface area contributed by atoms with Crippen molar-refractivity contribution in [1.29, 1.82) is 0 Å². The maximum absolute atomic E-state index is 14.7. The Balaban J connectivity index is 1.27. The molecule has 6 rings (SSSR count). The van der Waals surface area contributed by atoms with Crippen molar-refractivity contribution in [3.05, 3.63) is 65.2 Å². The highest BCUT2D eigenvalue weighted by atomic mass is 35.5. The molecule has 4 N–H and O–H groups in total. The van der Waals surface area contributed by atoms with Crippen LogP contribution in [-0.4, -0.2) is 83.3 Å². The molecule has 0 unspecified atom stereocenters. The Morgan fingerprint density at radius 2 is 1.76 bits per heavy atom. The molecular weight excluding hydrogens is 678 g/mol. The fourth-order valence-electron chi connectivity index (χ4n) is 6.49. The molecule has 14 heteroatoms. The molecule has 0 bridgehead atoms. The number of nitrogens with one attached hydrogen (secondary N) is 4. The molecule has 0 aromatic heterocycles. The summed E-state index contributed by atoms with van der Waals surface area (Å²) in [7, 11) is 0. The van der Waals surface area contributed by atoms with Gasteiger partial charge >= 0.3 is 0 Å². The molecule has 1 saturated carbocycles. The van der Waals surface area contributed by atoms with E-state index in [1.807, 2.05) is 39.8 Å². The van der Waals surface area contributed by atoms with Crippen molar-refractivity contribution >= 4 is 46.7 Å². The Kier molecular flexibility index (Phi) is 10.3. The highest BCUT2D eigenvalue weighted by Crippen LogP contribution is 2.39. The summed E-state index contributed by atoms with van der Waals surface area (Å²) in [4.78, 5) is 75.9. The van der Waals surface area contributed by atoms with Gasteiger partial charge in [0.1, 0.15) is 24.3 Å². The summed E-state index contributed by atoms with van der Waals surface area (Å²) in [5.74, 6) is -2.23. The molecule has 51 heavy (non-hydrogen) atoms. The molecular formula is C37H44ClN5O8. The van der Waals surface area contributed by atoms with E-state index in [1.165, 1.54) is 4.90 Å². The van der Waals surface area contributed by atoms with Crippen LogP contribution in [0.1, 0.15) is 65.4 Å². The van der Waals surface area contributed by atoms with Crippen LogP contribution in [0.25, 0.3) is 5.70 Å². The third kappa shape index (κ3) is 8.15. The molecule has 13 nitrogen and oxygen atoms in total. The van der Waals surface area contributed by atoms with Gasteiger partial charge in [-0.15, -0.1) is 0 Å². The summed E-state index contributed by atoms with van der Waals surface area (Å²) in [6.45, 7) is 7.18. The van der Waals surface area contributed by atoms with Gasteiger partial charge in [-0.2, -0.15) is 0 Å². The van der Waals surface area contributed by atoms with Gasteiger partial charge in [-0.3, -0.25) is 34.3 Å². The number of amides is 4. The maximum atomic E-state index is 14.7. The number of carbonyl (C=O) groups excluding carboxylic acids is 5. The number of benzene rings is 2. The average Bonchev–Trinajstić information content (AvgIpc) is 3.69. The van der Waals surface area contributed by atoms with E-state index in [4.69, 9.17) is 25.9 Å². The zero-order valence-corrected chi connectivity index (χ0v) is 29.9. The predicted molar refractivity (Wildman–Crippen MR) is 187 cm³/mol. The third-order valence-electron chi connectivity index (χ3n) is 9.39. The summed E-state index contributed by atoms with van der Waals surface area (Å²) in [5.41, 5.74) is 2.34. The van der Waals surface area contributed by atoms with Gasteiger partial charge in [0.15, 0.2) is 11.5 Å². The number of hydrogen-bond donors (Lipinski definition) is 4. The largest absolute Gasteiger partial charge is 0.485 e. The minimum atomic E-state index is -1.14. The van der Waals surface area contributed by atoms with Crippen molar-refractivity contribution in [2.45, 2.75) is 95.7 Å². The van der Waals surface area contributed by atoms with Gasteiger partial charge in [0.2, 0.25) is 23.7 Å². The second-order valence-corrected chi connectivity index (χ2v) is 15.1. The topological polar surface area (TPSA) is 164 Å². The second-order valence-electron chi connectivity index (χ2n) is 14.7. The second kappa shape index (κ2) is 14.5. The Morgan fingerprint density at radius 3 is 2.45 bits per heavy atom. The summed E-state index contributed by atoms with van der Waals surface area (Å²) < 4.78 is 11.6. The molecule has 3 aliphatic heterocycles. The molecule has 3 heterocycles. The van der Waals surface area contributed by atoms with Crippen molar-refractivity contribution in [3.63, 3.8) is 0 Å². The van der Waals surface area contributed by atoms with Gasteiger partial charge in [-0.05, 0) is 55.0 Å².